The minimum Gasteiger partial charge on any atom is -0.497 e. The number of anilines is 1. The molecule has 0 saturated carbocycles. The first-order chi connectivity index (χ1) is 16.2. The molecular formula is C27H37ClN2O4. The summed E-state index contributed by atoms with van der Waals surface area (Å²) >= 11 is 6.26. The first-order valence-electron chi connectivity index (χ1n) is 12.1. The van der Waals surface area contributed by atoms with E-state index in [4.69, 9.17) is 21.1 Å². The Balaban J connectivity index is 1.30. The zero-order valence-electron chi connectivity index (χ0n) is 20.5. The van der Waals surface area contributed by atoms with E-state index >= 15 is 0 Å². The molecule has 2 aromatic rings. The van der Waals surface area contributed by atoms with Crippen molar-refractivity contribution in [3.63, 3.8) is 0 Å². The lowest BCUT2D eigenvalue weighted by Crippen LogP contribution is -2.57. The van der Waals surface area contributed by atoms with Gasteiger partial charge in [0.1, 0.15) is 23.7 Å². The van der Waals surface area contributed by atoms with Crippen LogP contribution in [0, 0.1) is 13.8 Å². The summed E-state index contributed by atoms with van der Waals surface area (Å²) in [6.45, 7) is 7.71. The molecule has 2 aliphatic rings. The largest absolute Gasteiger partial charge is 0.497 e. The molecule has 0 aromatic heterocycles. The van der Waals surface area contributed by atoms with E-state index in [0.717, 1.165) is 59.4 Å². The summed E-state index contributed by atoms with van der Waals surface area (Å²) < 4.78 is 11.2. The maximum Gasteiger partial charge on any atom is 0.120 e. The summed E-state index contributed by atoms with van der Waals surface area (Å²) in [7, 11) is 1.67. The summed E-state index contributed by atoms with van der Waals surface area (Å²) in [6, 6.07) is 11.9. The van der Waals surface area contributed by atoms with Gasteiger partial charge in [0.15, 0.2) is 0 Å². The van der Waals surface area contributed by atoms with Crippen LogP contribution in [0.25, 0.3) is 0 Å². The number of methoxy groups -OCH3 is 1. The highest BCUT2D eigenvalue weighted by molar-refractivity contribution is 6.32. The van der Waals surface area contributed by atoms with Crippen molar-refractivity contribution < 1.29 is 19.7 Å². The molecule has 2 fully saturated rings. The standard InChI is InChI=1S/C27H37ClN2O4/c1-20-15-24(16-21(2)25(20)28)34-19-27(32)9-4-12-29(18-27)17-26(31)10-13-30(14-11-26)22-5-7-23(33-3)8-6-22/h5-8,15-16,31-32H,4,9-14,17-19H2,1-3H3/t27-/m0/s1. The first kappa shape index (κ1) is 25.1. The van der Waals surface area contributed by atoms with E-state index in [9.17, 15) is 10.2 Å². The van der Waals surface area contributed by atoms with Gasteiger partial charge in [0.05, 0.1) is 12.7 Å². The van der Waals surface area contributed by atoms with Gasteiger partial charge in [-0.15, -0.1) is 0 Å². The molecule has 2 aromatic carbocycles. The highest BCUT2D eigenvalue weighted by atomic mass is 35.5. The Morgan fingerprint density at radius 3 is 2.18 bits per heavy atom. The molecule has 2 N–H and O–H groups in total. The minimum absolute atomic E-state index is 0.230. The van der Waals surface area contributed by atoms with Crippen molar-refractivity contribution in [1.82, 2.24) is 4.90 Å². The summed E-state index contributed by atoms with van der Waals surface area (Å²) in [5.41, 5.74) is 1.42. The fraction of sp³-hybridized carbons (Fsp3) is 0.556. The molecular weight excluding hydrogens is 452 g/mol. The summed E-state index contributed by atoms with van der Waals surface area (Å²) in [4.78, 5) is 4.51. The lowest BCUT2D eigenvalue weighted by molar-refractivity contribution is -0.0861. The number of aryl methyl sites for hydroxylation is 2. The van der Waals surface area contributed by atoms with Crippen LogP contribution in [0.4, 0.5) is 5.69 Å². The number of hydrogen-bond donors (Lipinski definition) is 2. The smallest absolute Gasteiger partial charge is 0.120 e. The van der Waals surface area contributed by atoms with Crippen LogP contribution in [-0.4, -0.2) is 72.8 Å². The van der Waals surface area contributed by atoms with E-state index < -0.39 is 11.2 Å². The van der Waals surface area contributed by atoms with Gasteiger partial charge in [0.2, 0.25) is 0 Å². The van der Waals surface area contributed by atoms with Crippen molar-refractivity contribution in [2.24, 2.45) is 0 Å². The van der Waals surface area contributed by atoms with Crippen LogP contribution in [0.1, 0.15) is 36.8 Å². The molecule has 34 heavy (non-hydrogen) atoms. The van der Waals surface area contributed by atoms with Gasteiger partial charge < -0.3 is 24.6 Å². The number of β-amino-alcohol motifs (C(OH)–C–C–N with tert-alkyl or cyclic N) is 2. The molecule has 0 amide bonds. The third kappa shape index (κ3) is 5.98. The molecule has 0 spiro atoms. The molecule has 1 atom stereocenters. The fourth-order valence-electron chi connectivity index (χ4n) is 5.21. The number of nitrogens with zero attached hydrogens (tertiary/aromatic N) is 2. The Morgan fingerprint density at radius 1 is 0.912 bits per heavy atom. The van der Waals surface area contributed by atoms with E-state index in [1.54, 1.807) is 7.11 Å². The molecule has 2 heterocycles. The third-order valence-electron chi connectivity index (χ3n) is 7.20. The van der Waals surface area contributed by atoms with Gasteiger partial charge in [-0.3, -0.25) is 4.90 Å². The van der Waals surface area contributed by atoms with E-state index in [1.807, 2.05) is 38.1 Å². The molecule has 6 nitrogen and oxygen atoms in total. The van der Waals surface area contributed by atoms with Crippen molar-refractivity contribution >= 4 is 17.3 Å². The SMILES string of the molecule is COc1ccc(N2CCC(O)(CN3CCC[C@@](O)(COc4cc(C)c(Cl)c(C)c4)C3)CC2)cc1. The molecule has 0 aliphatic carbocycles. The maximum atomic E-state index is 11.3. The Morgan fingerprint density at radius 2 is 1.56 bits per heavy atom. The number of piperidine rings is 2. The normalized spacial score (nSPS) is 23.1. The zero-order chi connectivity index (χ0) is 24.3. The topological polar surface area (TPSA) is 65.4 Å². The summed E-state index contributed by atoms with van der Waals surface area (Å²) in [5, 5.41) is 23.3. The van der Waals surface area contributed by atoms with Crippen molar-refractivity contribution in [2.75, 3.05) is 51.3 Å². The Kier molecular flexibility index (Phi) is 7.63. The van der Waals surface area contributed by atoms with Gasteiger partial charge in [0, 0.05) is 36.9 Å². The monoisotopic (exact) mass is 488 g/mol. The average Bonchev–Trinajstić information content (AvgIpc) is 2.81. The van der Waals surface area contributed by atoms with Gasteiger partial charge >= 0.3 is 0 Å². The van der Waals surface area contributed by atoms with E-state index in [2.05, 4.69) is 21.9 Å². The van der Waals surface area contributed by atoms with Gasteiger partial charge in [-0.25, -0.2) is 0 Å². The van der Waals surface area contributed by atoms with Crippen LogP contribution in [0.5, 0.6) is 11.5 Å². The lowest BCUT2D eigenvalue weighted by Gasteiger charge is -2.45. The Labute approximate surface area is 208 Å². The molecule has 4 rings (SSSR count). The number of rotatable bonds is 7. The van der Waals surface area contributed by atoms with Crippen molar-refractivity contribution in [3.8, 4) is 11.5 Å². The number of hydrogen-bond acceptors (Lipinski definition) is 6. The number of aliphatic hydroxyl groups is 2. The first-order valence-corrected chi connectivity index (χ1v) is 12.5. The van der Waals surface area contributed by atoms with Gasteiger partial charge in [-0.2, -0.15) is 0 Å². The maximum absolute atomic E-state index is 11.3. The van der Waals surface area contributed by atoms with Gasteiger partial charge in [-0.05, 0) is 93.6 Å². The Hall–Kier alpha value is -1.99. The average molecular weight is 489 g/mol. The van der Waals surface area contributed by atoms with Crippen LogP contribution >= 0.6 is 11.6 Å². The highest BCUT2D eigenvalue weighted by Gasteiger charge is 2.39. The van der Waals surface area contributed by atoms with Gasteiger partial charge in [-0.1, -0.05) is 11.6 Å². The fourth-order valence-corrected chi connectivity index (χ4v) is 5.32. The van der Waals surface area contributed by atoms with Crippen LogP contribution in [0.3, 0.4) is 0 Å². The quantitative estimate of drug-likeness (QED) is 0.609. The predicted molar refractivity (Wildman–Crippen MR) is 136 cm³/mol. The number of ether oxygens (including phenoxy) is 2. The number of halogens is 1. The molecule has 0 unspecified atom stereocenters. The molecule has 186 valence electrons. The van der Waals surface area contributed by atoms with Crippen LogP contribution < -0.4 is 14.4 Å². The van der Waals surface area contributed by atoms with Crippen molar-refractivity contribution in [3.05, 3.63) is 52.5 Å². The second kappa shape index (κ2) is 10.3. The molecule has 2 aliphatic heterocycles. The van der Waals surface area contributed by atoms with Crippen LogP contribution in [-0.2, 0) is 0 Å². The number of likely N-dealkylation sites (tertiary alicyclic amines) is 1. The van der Waals surface area contributed by atoms with Crippen LogP contribution in [0.2, 0.25) is 5.02 Å². The molecule has 7 heteroatoms. The van der Waals surface area contributed by atoms with E-state index in [1.165, 1.54) is 0 Å². The van der Waals surface area contributed by atoms with Gasteiger partial charge in [0.25, 0.3) is 0 Å². The Bertz CT molecular complexity index is 952. The second-order valence-corrected chi connectivity index (χ2v) is 10.5. The summed E-state index contributed by atoms with van der Waals surface area (Å²) in [5.74, 6) is 1.58. The molecule has 2 saturated heterocycles. The summed E-state index contributed by atoms with van der Waals surface area (Å²) in [6.07, 6.45) is 2.98. The molecule has 0 radical (unpaired) electrons. The van der Waals surface area contributed by atoms with Crippen molar-refractivity contribution in [1.29, 1.82) is 0 Å². The number of benzene rings is 2. The van der Waals surface area contributed by atoms with Crippen molar-refractivity contribution in [2.45, 2.75) is 50.7 Å². The third-order valence-corrected chi connectivity index (χ3v) is 7.80. The molecule has 0 bridgehead atoms. The zero-order valence-corrected chi connectivity index (χ0v) is 21.3. The second-order valence-electron chi connectivity index (χ2n) is 10.1. The predicted octanol–water partition coefficient (Wildman–Crippen LogP) is 4.20. The lowest BCUT2D eigenvalue weighted by atomic mass is 9.87. The highest BCUT2D eigenvalue weighted by Crippen LogP contribution is 2.31. The van der Waals surface area contributed by atoms with E-state index in [-0.39, 0.29) is 6.61 Å². The van der Waals surface area contributed by atoms with E-state index in [0.29, 0.717) is 32.4 Å². The van der Waals surface area contributed by atoms with Crippen LogP contribution in [0.15, 0.2) is 36.4 Å². The minimum atomic E-state index is -0.931.